The van der Waals surface area contributed by atoms with E-state index in [9.17, 15) is 22.8 Å². The van der Waals surface area contributed by atoms with Crippen molar-refractivity contribution in [3.63, 3.8) is 0 Å². The van der Waals surface area contributed by atoms with Gasteiger partial charge in [0.25, 0.3) is 0 Å². The lowest BCUT2D eigenvalue weighted by molar-refractivity contribution is -0.137. The lowest BCUT2D eigenvalue weighted by Crippen LogP contribution is -2.37. The average molecular weight is 277 g/mol. The number of aliphatic carboxylic acids is 1. The highest BCUT2D eigenvalue weighted by molar-refractivity contribution is 5.70. The minimum Gasteiger partial charge on any atom is -0.481 e. The van der Waals surface area contributed by atoms with Gasteiger partial charge in [-0.25, -0.2) is 18.0 Å². The molecule has 104 valence electrons. The van der Waals surface area contributed by atoms with E-state index in [1.54, 1.807) is 0 Å². The second kappa shape index (κ2) is 6.07. The number of hydrogen-bond donors (Lipinski definition) is 3. The van der Waals surface area contributed by atoms with Gasteiger partial charge in [0.15, 0.2) is 11.6 Å². The van der Waals surface area contributed by atoms with Crippen molar-refractivity contribution in [2.24, 2.45) is 0 Å². The number of rotatable bonds is 5. The Labute approximate surface area is 105 Å². The molecule has 5 nitrogen and oxygen atoms in total. The van der Waals surface area contributed by atoms with Crippen molar-refractivity contribution in [2.75, 3.05) is 0 Å². The van der Waals surface area contributed by atoms with Crippen molar-refractivity contribution in [2.45, 2.75) is 18.9 Å². The summed E-state index contributed by atoms with van der Waals surface area (Å²) in [6.45, 7) is 0. The molecule has 0 aliphatic rings. The SMILES string of the molecule is O=C(O)C[C@@H](Cc1cc(F)c(F)cc1F)NC(=O)O. The van der Waals surface area contributed by atoms with E-state index < -0.39 is 48.4 Å². The zero-order valence-electron chi connectivity index (χ0n) is 9.49. The standard InChI is InChI=1S/C11H10F3NO4/c12-7-4-9(14)8(13)2-5(7)1-6(3-10(16)17)15-11(18)19/h2,4,6,15H,1,3H2,(H,16,17)(H,18,19)/t6-/m1/s1. The van der Waals surface area contributed by atoms with Crippen LogP contribution < -0.4 is 5.32 Å². The van der Waals surface area contributed by atoms with E-state index in [1.807, 2.05) is 5.32 Å². The van der Waals surface area contributed by atoms with Crippen LogP contribution in [-0.4, -0.2) is 28.3 Å². The Hall–Kier alpha value is -2.25. The van der Waals surface area contributed by atoms with Gasteiger partial charge in [-0.05, 0) is 18.1 Å². The molecule has 0 aliphatic carbocycles. The van der Waals surface area contributed by atoms with Gasteiger partial charge in [0.2, 0.25) is 0 Å². The Balaban J connectivity index is 2.92. The molecule has 0 saturated heterocycles. The van der Waals surface area contributed by atoms with Crippen molar-refractivity contribution in [1.82, 2.24) is 5.32 Å². The molecule has 3 N–H and O–H groups in total. The summed E-state index contributed by atoms with van der Waals surface area (Å²) >= 11 is 0. The van der Waals surface area contributed by atoms with Crippen molar-refractivity contribution in [3.8, 4) is 0 Å². The normalized spacial score (nSPS) is 11.9. The molecule has 0 radical (unpaired) electrons. The van der Waals surface area contributed by atoms with Gasteiger partial charge in [-0.2, -0.15) is 0 Å². The van der Waals surface area contributed by atoms with E-state index in [-0.39, 0.29) is 5.56 Å². The first-order valence-electron chi connectivity index (χ1n) is 5.14. The fourth-order valence-electron chi connectivity index (χ4n) is 1.55. The number of benzene rings is 1. The van der Waals surface area contributed by atoms with Crippen LogP contribution in [0.25, 0.3) is 0 Å². The van der Waals surface area contributed by atoms with E-state index in [2.05, 4.69) is 0 Å². The third-order valence-corrected chi connectivity index (χ3v) is 2.30. The minimum atomic E-state index is -1.49. The zero-order chi connectivity index (χ0) is 14.6. The van der Waals surface area contributed by atoms with Gasteiger partial charge in [0.1, 0.15) is 5.82 Å². The van der Waals surface area contributed by atoms with Crippen LogP contribution >= 0.6 is 0 Å². The van der Waals surface area contributed by atoms with Crippen LogP contribution in [0.15, 0.2) is 12.1 Å². The molecule has 0 unspecified atom stereocenters. The number of nitrogens with one attached hydrogen (secondary N) is 1. The topological polar surface area (TPSA) is 86.6 Å². The molecule has 0 saturated carbocycles. The third kappa shape index (κ3) is 4.49. The van der Waals surface area contributed by atoms with Gasteiger partial charge in [-0.15, -0.1) is 0 Å². The first-order valence-corrected chi connectivity index (χ1v) is 5.14. The van der Waals surface area contributed by atoms with Crippen molar-refractivity contribution >= 4 is 12.1 Å². The summed E-state index contributed by atoms with van der Waals surface area (Å²) in [6.07, 6.45) is -2.50. The Bertz CT molecular complexity index is 491. The molecule has 19 heavy (non-hydrogen) atoms. The lowest BCUT2D eigenvalue weighted by Gasteiger charge is -2.15. The fraction of sp³-hybridized carbons (Fsp3) is 0.273. The number of carboxylic acids is 1. The van der Waals surface area contributed by atoms with E-state index in [0.717, 1.165) is 0 Å². The maximum atomic E-state index is 13.3. The minimum absolute atomic E-state index is 0.307. The maximum Gasteiger partial charge on any atom is 0.404 e. The van der Waals surface area contributed by atoms with Crippen LogP contribution in [0.2, 0.25) is 0 Å². The highest BCUT2D eigenvalue weighted by Gasteiger charge is 2.19. The molecule has 1 aromatic rings. The molecule has 1 atom stereocenters. The van der Waals surface area contributed by atoms with E-state index in [0.29, 0.717) is 12.1 Å². The summed E-state index contributed by atoms with van der Waals surface area (Å²) in [5.74, 6) is -5.04. The molecule has 1 amide bonds. The number of hydrogen-bond acceptors (Lipinski definition) is 2. The van der Waals surface area contributed by atoms with E-state index >= 15 is 0 Å². The molecule has 8 heteroatoms. The predicted molar refractivity (Wildman–Crippen MR) is 57.2 cm³/mol. The van der Waals surface area contributed by atoms with Crippen LogP contribution in [0, 0.1) is 17.5 Å². The van der Waals surface area contributed by atoms with Crippen molar-refractivity contribution in [1.29, 1.82) is 0 Å². The Morgan fingerprint density at radius 2 is 1.68 bits per heavy atom. The van der Waals surface area contributed by atoms with E-state index in [4.69, 9.17) is 10.2 Å². The average Bonchev–Trinajstić information content (AvgIpc) is 2.23. The molecule has 0 fully saturated rings. The Kier molecular flexibility index (Phi) is 4.74. The maximum absolute atomic E-state index is 13.3. The summed E-state index contributed by atoms with van der Waals surface area (Å²) in [6, 6.07) is -0.249. The summed E-state index contributed by atoms with van der Waals surface area (Å²) in [5.41, 5.74) is -0.307. The van der Waals surface area contributed by atoms with Gasteiger partial charge >= 0.3 is 12.1 Å². The highest BCUT2D eigenvalue weighted by Crippen LogP contribution is 2.16. The highest BCUT2D eigenvalue weighted by atomic mass is 19.2. The monoisotopic (exact) mass is 277 g/mol. The second-order valence-electron chi connectivity index (χ2n) is 3.81. The quantitative estimate of drug-likeness (QED) is 0.716. The second-order valence-corrected chi connectivity index (χ2v) is 3.81. The van der Waals surface area contributed by atoms with Gasteiger partial charge in [-0.3, -0.25) is 4.79 Å². The first kappa shape index (κ1) is 14.8. The zero-order valence-corrected chi connectivity index (χ0v) is 9.49. The van der Waals surface area contributed by atoms with Gasteiger partial charge in [0.05, 0.1) is 6.42 Å². The van der Waals surface area contributed by atoms with Crippen molar-refractivity contribution in [3.05, 3.63) is 35.1 Å². The molecule has 0 spiro atoms. The van der Waals surface area contributed by atoms with Gasteiger partial charge in [-0.1, -0.05) is 0 Å². The molecule has 0 heterocycles. The molecule has 1 aromatic carbocycles. The first-order chi connectivity index (χ1) is 8.79. The molecule has 0 bridgehead atoms. The summed E-state index contributed by atoms with van der Waals surface area (Å²) in [4.78, 5) is 21.0. The Morgan fingerprint density at radius 1 is 1.11 bits per heavy atom. The summed E-state index contributed by atoms with van der Waals surface area (Å²) in [7, 11) is 0. The Morgan fingerprint density at radius 3 is 2.21 bits per heavy atom. The van der Waals surface area contributed by atoms with Crippen molar-refractivity contribution < 1.29 is 33.0 Å². The molecule has 0 aliphatic heterocycles. The molecule has 0 aromatic heterocycles. The number of amides is 1. The number of carboxylic acid groups (broad SMARTS) is 2. The van der Waals surface area contributed by atoms with E-state index in [1.165, 1.54) is 0 Å². The fourth-order valence-corrected chi connectivity index (χ4v) is 1.55. The predicted octanol–water partition coefficient (Wildman–Crippen LogP) is 1.76. The summed E-state index contributed by atoms with van der Waals surface area (Å²) in [5, 5.41) is 19.0. The largest absolute Gasteiger partial charge is 0.481 e. The third-order valence-electron chi connectivity index (χ3n) is 2.30. The molecular formula is C11H10F3NO4. The van der Waals surface area contributed by atoms with Gasteiger partial charge in [0, 0.05) is 12.1 Å². The van der Waals surface area contributed by atoms with Crippen LogP contribution in [0.3, 0.4) is 0 Å². The molecular weight excluding hydrogens is 267 g/mol. The number of halogens is 3. The summed E-state index contributed by atoms with van der Waals surface area (Å²) < 4.78 is 39.0. The number of carbonyl (C=O) groups is 2. The van der Waals surface area contributed by atoms with Crippen LogP contribution in [0.5, 0.6) is 0 Å². The van der Waals surface area contributed by atoms with Crippen LogP contribution in [0.1, 0.15) is 12.0 Å². The molecule has 1 rings (SSSR count). The van der Waals surface area contributed by atoms with Crippen LogP contribution in [-0.2, 0) is 11.2 Å². The smallest absolute Gasteiger partial charge is 0.404 e. The van der Waals surface area contributed by atoms with Gasteiger partial charge < -0.3 is 15.5 Å². The lowest BCUT2D eigenvalue weighted by atomic mass is 10.0. The van der Waals surface area contributed by atoms with Crippen LogP contribution in [0.4, 0.5) is 18.0 Å².